The van der Waals surface area contributed by atoms with Crippen molar-refractivity contribution < 1.29 is 4.79 Å². The summed E-state index contributed by atoms with van der Waals surface area (Å²) < 4.78 is 3.59. The van der Waals surface area contributed by atoms with E-state index in [1.807, 2.05) is 75.2 Å². The number of para-hydroxylation sites is 1. The number of aromatic nitrogens is 6. The third-order valence-corrected chi connectivity index (χ3v) is 5.98. The number of amides is 1. The van der Waals surface area contributed by atoms with Crippen molar-refractivity contribution in [1.82, 2.24) is 34.7 Å². The Morgan fingerprint density at radius 2 is 1.87 bits per heavy atom. The van der Waals surface area contributed by atoms with Gasteiger partial charge in [-0.25, -0.2) is 14.2 Å². The molecule has 31 heavy (non-hydrogen) atoms. The van der Waals surface area contributed by atoms with Crippen molar-refractivity contribution in [2.45, 2.75) is 45.3 Å². The summed E-state index contributed by atoms with van der Waals surface area (Å²) in [5.74, 6) is 0.484. The van der Waals surface area contributed by atoms with E-state index in [2.05, 4.69) is 25.5 Å². The Bertz CT molecular complexity index is 1250. The second-order valence-electron chi connectivity index (χ2n) is 7.47. The molecule has 0 fully saturated rings. The van der Waals surface area contributed by atoms with Crippen molar-refractivity contribution in [3.8, 4) is 5.69 Å². The Kier molecular flexibility index (Phi) is 5.77. The summed E-state index contributed by atoms with van der Waals surface area (Å²) in [6.07, 6.45) is 3.97. The van der Waals surface area contributed by atoms with Gasteiger partial charge in [-0.05, 0) is 46.1 Å². The van der Waals surface area contributed by atoms with E-state index in [4.69, 9.17) is 0 Å². The number of fused-ring (bicyclic) bond motifs is 1. The third-order valence-electron chi connectivity index (χ3n) is 5.44. The van der Waals surface area contributed by atoms with Gasteiger partial charge in [-0.15, -0.1) is 5.10 Å². The van der Waals surface area contributed by atoms with Crippen LogP contribution >= 0.6 is 11.8 Å². The third kappa shape index (κ3) is 4.05. The molecule has 1 amide bonds. The van der Waals surface area contributed by atoms with Crippen molar-refractivity contribution in [3.05, 3.63) is 64.7 Å². The molecular formula is C22H25N7OS. The maximum atomic E-state index is 12.9. The van der Waals surface area contributed by atoms with Crippen molar-refractivity contribution in [2.75, 3.05) is 6.26 Å². The SMILES string of the molecule is CSc1nc2nc(C)c(CC(=O)NC(C)c3cnn(-c4ccccc4)c3C)c(C)n2n1. The summed E-state index contributed by atoms with van der Waals surface area (Å²) in [6.45, 7) is 7.83. The first-order valence-corrected chi connectivity index (χ1v) is 11.3. The summed E-state index contributed by atoms with van der Waals surface area (Å²) in [5, 5.41) is 12.7. The average Bonchev–Trinajstić information content (AvgIpc) is 3.35. The molecule has 0 radical (unpaired) electrons. The lowest BCUT2D eigenvalue weighted by molar-refractivity contribution is -0.121. The van der Waals surface area contributed by atoms with E-state index in [0.717, 1.165) is 33.9 Å². The monoisotopic (exact) mass is 435 g/mol. The molecule has 0 aliphatic carbocycles. The Morgan fingerprint density at radius 3 is 2.58 bits per heavy atom. The molecule has 0 spiro atoms. The van der Waals surface area contributed by atoms with E-state index in [-0.39, 0.29) is 18.4 Å². The van der Waals surface area contributed by atoms with Gasteiger partial charge in [0.15, 0.2) is 0 Å². The van der Waals surface area contributed by atoms with Gasteiger partial charge in [-0.3, -0.25) is 4.79 Å². The molecule has 0 bridgehead atoms. The van der Waals surface area contributed by atoms with E-state index < -0.39 is 0 Å². The Labute approximate surface area is 185 Å². The molecule has 1 aromatic carbocycles. The molecule has 0 saturated heterocycles. The van der Waals surface area contributed by atoms with Gasteiger partial charge < -0.3 is 5.32 Å². The first-order valence-electron chi connectivity index (χ1n) is 10.0. The normalized spacial score (nSPS) is 12.3. The second-order valence-corrected chi connectivity index (χ2v) is 8.24. The molecule has 4 rings (SSSR count). The number of nitrogens with zero attached hydrogens (tertiary/aromatic N) is 6. The molecule has 9 heteroatoms. The number of aryl methyl sites for hydroxylation is 2. The fraction of sp³-hybridized carbons (Fsp3) is 0.318. The van der Waals surface area contributed by atoms with Crippen molar-refractivity contribution >= 4 is 23.4 Å². The molecule has 0 saturated carbocycles. The zero-order chi connectivity index (χ0) is 22.1. The molecule has 3 aromatic heterocycles. The van der Waals surface area contributed by atoms with Gasteiger partial charge in [0.2, 0.25) is 11.1 Å². The number of hydrogen-bond acceptors (Lipinski definition) is 6. The zero-order valence-electron chi connectivity index (χ0n) is 18.2. The van der Waals surface area contributed by atoms with Crippen molar-refractivity contribution in [2.24, 2.45) is 0 Å². The molecule has 8 nitrogen and oxygen atoms in total. The van der Waals surface area contributed by atoms with Crippen LogP contribution in [0.3, 0.4) is 0 Å². The van der Waals surface area contributed by atoms with E-state index in [1.54, 1.807) is 4.52 Å². The van der Waals surface area contributed by atoms with Gasteiger partial charge in [0.05, 0.1) is 24.3 Å². The number of hydrogen-bond donors (Lipinski definition) is 1. The van der Waals surface area contributed by atoms with Crippen LogP contribution in [0, 0.1) is 20.8 Å². The van der Waals surface area contributed by atoms with Crippen LogP contribution in [-0.4, -0.2) is 41.5 Å². The van der Waals surface area contributed by atoms with Gasteiger partial charge in [0, 0.05) is 28.2 Å². The number of thioether (sulfide) groups is 1. The predicted octanol–water partition coefficient (Wildman–Crippen LogP) is 3.38. The van der Waals surface area contributed by atoms with Crippen LogP contribution in [0.4, 0.5) is 0 Å². The highest BCUT2D eigenvalue weighted by molar-refractivity contribution is 7.98. The molecule has 1 atom stereocenters. The van der Waals surface area contributed by atoms with E-state index in [1.165, 1.54) is 11.8 Å². The minimum atomic E-state index is -0.170. The van der Waals surface area contributed by atoms with Crippen molar-refractivity contribution in [3.63, 3.8) is 0 Å². The lowest BCUT2D eigenvalue weighted by atomic mass is 10.1. The summed E-state index contributed by atoms with van der Waals surface area (Å²) in [5.41, 5.74) is 5.52. The van der Waals surface area contributed by atoms with Crippen LogP contribution in [-0.2, 0) is 11.2 Å². The molecule has 3 heterocycles. The average molecular weight is 436 g/mol. The molecule has 0 aliphatic heterocycles. The van der Waals surface area contributed by atoms with Crippen LogP contribution in [0.15, 0.2) is 41.7 Å². The molecule has 160 valence electrons. The first-order chi connectivity index (χ1) is 14.9. The summed E-state index contributed by atoms with van der Waals surface area (Å²) >= 11 is 1.47. The summed E-state index contributed by atoms with van der Waals surface area (Å²) in [6, 6.07) is 9.78. The fourth-order valence-electron chi connectivity index (χ4n) is 3.74. The summed E-state index contributed by atoms with van der Waals surface area (Å²) in [7, 11) is 0. The quantitative estimate of drug-likeness (QED) is 0.467. The van der Waals surface area contributed by atoms with Gasteiger partial charge in [-0.1, -0.05) is 30.0 Å². The van der Waals surface area contributed by atoms with Gasteiger partial charge >= 0.3 is 0 Å². The number of nitrogens with one attached hydrogen (secondary N) is 1. The number of benzene rings is 1. The van der Waals surface area contributed by atoms with E-state index in [0.29, 0.717) is 10.9 Å². The minimum Gasteiger partial charge on any atom is -0.349 e. The molecule has 1 N–H and O–H groups in total. The standard InChI is InChI=1S/C22H25N7OS/c1-13-18(15(3)29-21(25-13)26-22(27-29)31-5)11-20(30)24-14(2)19-12-23-28(16(19)4)17-9-7-6-8-10-17/h6-10,12,14H,11H2,1-5H3,(H,24,30). The Balaban J connectivity index is 1.52. The molecule has 4 aromatic rings. The van der Waals surface area contributed by atoms with Crippen LogP contribution in [0.1, 0.15) is 41.2 Å². The smallest absolute Gasteiger partial charge is 0.253 e. The maximum absolute atomic E-state index is 12.9. The van der Waals surface area contributed by atoms with E-state index in [9.17, 15) is 4.79 Å². The lowest BCUT2D eigenvalue weighted by Gasteiger charge is -2.16. The van der Waals surface area contributed by atoms with Crippen molar-refractivity contribution in [1.29, 1.82) is 0 Å². The predicted molar refractivity (Wildman–Crippen MR) is 121 cm³/mol. The highest BCUT2D eigenvalue weighted by Gasteiger charge is 2.19. The second kappa shape index (κ2) is 8.50. The highest BCUT2D eigenvalue weighted by Crippen LogP contribution is 2.21. The number of carbonyl (C=O) groups is 1. The number of rotatable bonds is 6. The zero-order valence-corrected chi connectivity index (χ0v) is 19.1. The Hall–Kier alpha value is -3.20. The fourth-order valence-corrected chi connectivity index (χ4v) is 4.08. The summed E-state index contributed by atoms with van der Waals surface area (Å²) in [4.78, 5) is 21.8. The molecule has 1 unspecified atom stereocenters. The molecular weight excluding hydrogens is 410 g/mol. The van der Waals surface area contributed by atoms with Crippen LogP contribution in [0.25, 0.3) is 11.5 Å². The van der Waals surface area contributed by atoms with E-state index >= 15 is 0 Å². The lowest BCUT2D eigenvalue weighted by Crippen LogP contribution is -2.29. The first kappa shape index (κ1) is 21.0. The van der Waals surface area contributed by atoms with Gasteiger partial charge in [0.25, 0.3) is 5.78 Å². The minimum absolute atomic E-state index is 0.0723. The van der Waals surface area contributed by atoms with Crippen LogP contribution < -0.4 is 5.32 Å². The van der Waals surface area contributed by atoms with Gasteiger partial charge in [-0.2, -0.15) is 10.1 Å². The largest absolute Gasteiger partial charge is 0.349 e. The van der Waals surface area contributed by atoms with Gasteiger partial charge in [0.1, 0.15) is 0 Å². The number of carbonyl (C=O) groups excluding carboxylic acids is 1. The topological polar surface area (TPSA) is 90.0 Å². The Morgan fingerprint density at radius 1 is 1.13 bits per heavy atom. The van der Waals surface area contributed by atoms with Crippen LogP contribution in [0.5, 0.6) is 0 Å². The highest BCUT2D eigenvalue weighted by atomic mass is 32.2. The molecule has 0 aliphatic rings. The maximum Gasteiger partial charge on any atom is 0.253 e. The van der Waals surface area contributed by atoms with Crippen LogP contribution in [0.2, 0.25) is 0 Å².